The molecule has 0 radical (unpaired) electrons. The lowest BCUT2D eigenvalue weighted by molar-refractivity contribution is -0.120. The molecule has 0 bridgehead atoms. The number of rotatable bonds is 6. The van der Waals surface area contributed by atoms with Crippen molar-refractivity contribution in [1.82, 2.24) is 5.32 Å². The summed E-state index contributed by atoms with van der Waals surface area (Å²) in [7, 11) is 0. The fourth-order valence-corrected chi connectivity index (χ4v) is 2.36. The molecule has 0 saturated heterocycles. The largest absolute Gasteiger partial charge is 0.356 e. The molecule has 0 unspecified atom stereocenters. The van der Waals surface area contributed by atoms with Gasteiger partial charge in [0.05, 0.1) is 6.42 Å². The lowest BCUT2D eigenvalue weighted by Gasteiger charge is -2.14. The molecule has 0 aliphatic rings. The van der Waals surface area contributed by atoms with Crippen molar-refractivity contribution >= 4 is 17.5 Å². The second-order valence-corrected chi connectivity index (χ2v) is 4.87. The van der Waals surface area contributed by atoms with Gasteiger partial charge < -0.3 is 5.32 Å². The Balaban J connectivity index is 2.95. The van der Waals surface area contributed by atoms with Crippen LogP contribution < -0.4 is 5.32 Å². The molecule has 0 atom stereocenters. The van der Waals surface area contributed by atoms with Gasteiger partial charge >= 0.3 is 0 Å². The Morgan fingerprint density at radius 3 is 2.17 bits per heavy atom. The van der Waals surface area contributed by atoms with Crippen molar-refractivity contribution in [1.29, 1.82) is 0 Å². The lowest BCUT2D eigenvalue weighted by Crippen LogP contribution is -2.26. The third-order valence-corrected chi connectivity index (χ3v) is 3.29. The lowest BCUT2D eigenvalue weighted by atomic mass is 9.95. The Hall–Kier alpha value is -1.02. The molecule has 1 amide bonds. The number of aryl methyl sites for hydroxylation is 2. The van der Waals surface area contributed by atoms with Gasteiger partial charge in [0, 0.05) is 11.6 Å². The van der Waals surface area contributed by atoms with E-state index in [1.165, 1.54) is 11.1 Å². The summed E-state index contributed by atoms with van der Waals surface area (Å²) in [6.07, 6.45) is 3.24. The molecule has 1 aromatic rings. The Kier molecular flexibility index (Phi) is 6.20. The van der Waals surface area contributed by atoms with Crippen molar-refractivity contribution < 1.29 is 4.79 Å². The summed E-state index contributed by atoms with van der Waals surface area (Å²) in [5.74, 6) is 0.101. The Morgan fingerprint density at radius 2 is 1.72 bits per heavy atom. The van der Waals surface area contributed by atoms with E-state index < -0.39 is 0 Å². The molecule has 1 rings (SSSR count). The van der Waals surface area contributed by atoms with Crippen LogP contribution in [0.5, 0.6) is 0 Å². The molecule has 0 aromatic heterocycles. The van der Waals surface area contributed by atoms with E-state index in [0.717, 1.165) is 36.4 Å². The third kappa shape index (κ3) is 4.02. The molecule has 18 heavy (non-hydrogen) atoms. The number of hydrogen-bond acceptors (Lipinski definition) is 1. The van der Waals surface area contributed by atoms with Crippen LogP contribution in [-0.4, -0.2) is 12.5 Å². The molecular weight excluding hydrogens is 246 g/mol. The third-order valence-electron chi connectivity index (χ3n) is 3.07. The van der Waals surface area contributed by atoms with Crippen LogP contribution >= 0.6 is 11.6 Å². The highest BCUT2D eigenvalue weighted by atomic mass is 35.5. The quantitative estimate of drug-likeness (QED) is 0.839. The first-order valence-electron chi connectivity index (χ1n) is 6.69. The van der Waals surface area contributed by atoms with Gasteiger partial charge in [-0.05, 0) is 48.1 Å². The first kappa shape index (κ1) is 15.0. The second kappa shape index (κ2) is 7.42. The number of hydrogen-bond donors (Lipinski definition) is 1. The van der Waals surface area contributed by atoms with Crippen LogP contribution in [0.3, 0.4) is 0 Å². The zero-order valence-corrected chi connectivity index (χ0v) is 12.2. The minimum absolute atomic E-state index is 0.101. The second-order valence-electron chi connectivity index (χ2n) is 4.44. The minimum atomic E-state index is 0.101. The molecule has 1 aromatic carbocycles. The molecule has 0 spiro atoms. The van der Waals surface area contributed by atoms with Crippen LogP contribution in [-0.2, 0) is 24.1 Å². The molecular formula is C15H22ClNO. The number of benzene rings is 1. The van der Waals surface area contributed by atoms with Gasteiger partial charge in [-0.25, -0.2) is 0 Å². The Morgan fingerprint density at radius 1 is 1.17 bits per heavy atom. The smallest absolute Gasteiger partial charge is 0.224 e. The van der Waals surface area contributed by atoms with Crippen molar-refractivity contribution in [2.24, 2.45) is 0 Å². The molecule has 100 valence electrons. The highest BCUT2D eigenvalue weighted by Gasteiger charge is 2.12. The van der Waals surface area contributed by atoms with Gasteiger partial charge in [-0.3, -0.25) is 4.79 Å². The summed E-state index contributed by atoms with van der Waals surface area (Å²) in [5, 5.41) is 3.69. The Bertz CT molecular complexity index is 390. The standard InChI is InChI=1S/C15H22ClNO/c1-4-7-17-15(18)10-14-11(5-2)8-13(16)9-12(14)6-3/h8-9H,4-7,10H2,1-3H3,(H,17,18). The fraction of sp³-hybridized carbons (Fsp3) is 0.533. The van der Waals surface area contributed by atoms with Crippen molar-refractivity contribution in [3.05, 3.63) is 33.8 Å². The summed E-state index contributed by atoms with van der Waals surface area (Å²) in [6, 6.07) is 3.95. The number of carbonyl (C=O) groups is 1. The average Bonchev–Trinajstić information content (AvgIpc) is 2.37. The highest BCUT2D eigenvalue weighted by molar-refractivity contribution is 6.30. The van der Waals surface area contributed by atoms with Crippen LogP contribution in [0.4, 0.5) is 0 Å². The molecule has 0 aliphatic carbocycles. The van der Waals surface area contributed by atoms with Crippen molar-refractivity contribution in [2.75, 3.05) is 6.54 Å². The maximum atomic E-state index is 11.8. The maximum absolute atomic E-state index is 11.8. The molecule has 0 aliphatic heterocycles. The van der Waals surface area contributed by atoms with Gasteiger partial charge in [0.2, 0.25) is 5.91 Å². The Labute approximate surface area is 115 Å². The van der Waals surface area contributed by atoms with Crippen LogP contribution in [0.25, 0.3) is 0 Å². The van der Waals surface area contributed by atoms with Gasteiger partial charge in [-0.15, -0.1) is 0 Å². The van der Waals surface area contributed by atoms with Gasteiger partial charge in [0.25, 0.3) is 0 Å². The summed E-state index contributed by atoms with van der Waals surface area (Å²) < 4.78 is 0. The summed E-state index contributed by atoms with van der Waals surface area (Å²) in [4.78, 5) is 11.8. The van der Waals surface area contributed by atoms with Gasteiger partial charge in [-0.2, -0.15) is 0 Å². The SMILES string of the molecule is CCCNC(=O)Cc1c(CC)cc(Cl)cc1CC. The number of carbonyl (C=O) groups excluding carboxylic acids is 1. The predicted octanol–water partition coefficient (Wildman–Crippen LogP) is 3.53. The minimum Gasteiger partial charge on any atom is -0.356 e. The van der Waals surface area contributed by atoms with Gasteiger partial charge in [-0.1, -0.05) is 32.4 Å². The highest BCUT2D eigenvalue weighted by Crippen LogP contribution is 2.23. The van der Waals surface area contributed by atoms with Gasteiger partial charge in [0.1, 0.15) is 0 Å². The summed E-state index contributed by atoms with van der Waals surface area (Å²) in [6.45, 7) is 6.99. The molecule has 3 heteroatoms. The zero-order valence-electron chi connectivity index (χ0n) is 11.5. The van der Waals surface area contributed by atoms with E-state index >= 15 is 0 Å². The van der Waals surface area contributed by atoms with Crippen molar-refractivity contribution in [3.63, 3.8) is 0 Å². The van der Waals surface area contributed by atoms with E-state index in [0.29, 0.717) is 6.42 Å². The van der Waals surface area contributed by atoms with E-state index in [4.69, 9.17) is 11.6 Å². The topological polar surface area (TPSA) is 29.1 Å². The van der Waals surface area contributed by atoms with Crippen LogP contribution in [0.1, 0.15) is 43.9 Å². The molecule has 2 nitrogen and oxygen atoms in total. The van der Waals surface area contributed by atoms with Crippen molar-refractivity contribution in [2.45, 2.75) is 46.5 Å². The number of nitrogens with one attached hydrogen (secondary N) is 1. The van der Waals surface area contributed by atoms with Crippen molar-refractivity contribution in [3.8, 4) is 0 Å². The monoisotopic (exact) mass is 267 g/mol. The van der Waals surface area contributed by atoms with Crippen LogP contribution in [0.15, 0.2) is 12.1 Å². The molecule has 1 N–H and O–H groups in total. The summed E-state index contributed by atoms with van der Waals surface area (Å²) in [5.41, 5.74) is 3.52. The average molecular weight is 268 g/mol. The van der Waals surface area contributed by atoms with E-state index in [9.17, 15) is 4.79 Å². The first-order chi connectivity index (χ1) is 8.62. The number of halogens is 1. The van der Waals surface area contributed by atoms with E-state index in [1.54, 1.807) is 0 Å². The molecule has 0 fully saturated rings. The maximum Gasteiger partial charge on any atom is 0.224 e. The van der Waals surface area contributed by atoms with E-state index in [1.807, 2.05) is 12.1 Å². The summed E-state index contributed by atoms with van der Waals surface area (Å²) >= 11 is 6.10. The molecule has 0 saturated carbocycles. The predicted molar refractivity (Wildman–Crippen MR) is 77.2 cm³/mol. The number of amides is 1. The van der Waals surface area contributed by atoms with E-state index in [-0.39, 0.29) is 5.91 Å². The fourth-order valence-electron chi connectivity index (χ4n) is 2.10. The van der Waals surface area contributed by atoms with Gasteiger partial charge in [0.15, 0.2) is 0 Å². The van der Waals surface area contributed by atoms with Crippen LogP contribution in [0.2, 0.25) is 5.02 Å². The normalized spacial score (nSPS) is 10.4. The van der Waals surface area contributed by atoms with E-state index in [2.05, 4.69) is 26.1 Å². The zero-order chi connectivity index (χ0) is 13.5. The first-order valence-corrected chi connectivity index (χ1v) is 7.06. The van der Waals surface area contributed by atoms with Crippen LogP contribution in [0, 0.1) is 0 Å². The molecule has 0 heterocycles.